The van der Waals surface area contributed by atoms with Crippen LogP contribution in [0.2, 0.25) is 0 Å². The Hall–Kier alpha value is -1.62. The first-order chi connectivity index (χ1) is 8.27. The lowest BCUT2D eigenvalue weighted by molar-refractivity contribution is 0.0983. The van der Waals surface area contributed by atoms with Gasteiger partial charge in [-0.25, -0.2) is 0 Å². The van der Waals surface area contributed by atoms with E-state index in [1.54, 1.807) is 0 Å². The third kappa shape index (κ3) is 3.20. The minimum Gasteiger partial charge on any atom is -0.294 e. The van der Waals surface area contributed by atoms with Gasteiger partial charge in [0.2, 0.25) is 0 Å². The Kier molecular flexibility index (Phi) is 4.29. The minimum absolute atomic E-state index is 0.0759. The number of ketones is 1. The number of Topliss-reactive ketones (excluding diaryl/α,β-unsaturated/α-hetero) is 1. The maximum atomic E-state index is 12.1. The summed E-state index contributed by atoms with van der Waals surface area (Å²) >= 11 is 0. The van der Waals surface area contributed by atoms with E-state index in [1.165, 1.54) is 5.56 Å². The Morgan fingerprint density at radius 3 is 2.11 bits per heavy atom. The fraction of sp³-hybridized carbons (Fsp3) is 0.500. The van der Waals surface area contributed by atoms with Crippen molar-refractivity contribution in [3.8, 4) is 6.07 Å². The fourth-order valence-electron chi connectivity index (χ4n) is 2.13. The van der Waals surface area contributed by atoms with Crippen LogP contribution in [0.25, 0.3) is 0 Å². The van der Waals surface area contributed by atoms with Gasteiger partial charge in [0.05, 0.1) is 6.07 Å². The van der Waals surface area contributed by atoms with Gasteiger partial charge in [-0.15, -0.1) is 0 Å². The van der Waals surface area contributed by atoms with Gasteiger partial charge in [-0.2, -0.15) is 5.26 Å². The lowest BCUT2D eigenvalue weighted by Crippen LogP contribution is -2.14. The molecule has 2 heteroatoms. The Morgan fingerprint density at radius 2 is 1.72 bits per heavy atom. The van der Waals surface area contributed by atoms with Crippen LogP contribution in [0.4, 0.5) is 0 Å². The van der Waals surface area contributed by atoms with Crippen LogP contribution in [0.5, 0.6) is 0 Å². The van der Waals surface area contributed by atoms with Crippen LogP contribution >= 0.6 is 0 Å². The summed E-state index contributed by atoms with van der Waals surface area (Å²) in [7, 11) is 0. The number of hydrogen-bond acceptors (Lipinski definition) is 2. The first-order valence-electron chi connectivity index (χ1n) is 6.29. The van der Waals surface area contributed by atoms with Crippen LogP contribution < -0.4 is 0 Å². The molecule has 0 fully saturated rings. The largest absolute Gasteiger partial charge is 0.294 e. The number of rotatable bonds is 3. The molecule has 0 heterocycles. The van der Waals surface area contributed by atoms with E-state index in [0.29, 0.717) is 12.8 Å². The fourth-order valence-corrected chi connectivity index (χ4v) is 2.13. The smallest absolute Gasteiger partial charge is 0.164 e. The van der Waals surface area contributed by atoms with Crippen molar-refractivity contribution in [2.75, 3.05) is 0 Å². The van der Waals surface area contributed by atoms with E-state index in [4.69, 9.17) is 5.26 Å². The van der Waals surface area contributed by atoms with Crippen molar-refractivity contribution in [2.24, 2.45) is 0 Å². The number of carbonyl (C=O) groups excluding carboxylic acids is 1. The quantitative estimate of drug-likeness (QED) is 0.750. The van der Waals surface area contributed by atoms with E-state index in [0.717, 1.165) is 16.7 Å². The number of aryl methyl sites for hydroxylation is 2. The van der Waals surface area contributed by atoms with Crippen molar-refractivity contribution < 1.29 is 4.79 Å². The Bertz CT molecular complexity index is 478. The lowest BCUT2D eigenvalue weighted by atomic mass is 9.83. The summed E-state index contributed by atoms with van der Waals surface area (Å²) in [6, 6.07) is 6.20. The molecule has 0 aliphatic heterocycles. The Balaban J connectivity index is 3.18. The predicted molar refractivity (Wildman–Crippen MR) is 73.8 cm³/mol. The summed E-state index contributed by atoms with van der Waals surface area (Å²) in [5.41, 5.74) is 4.15. The molecular weight excluding hydrogens is 222 g/mol. The van der Waals surface area contributed by atoms with Gasteiger partial charge in [-0.3, -0.25) is 4.79 Å². The molecule has 0 unspecified atom stereocenters. The summed E-state index contributed by atoms with van der Waals surface area (Å²) in [4.78, 5) is 12.1. The highest BCUT2D eigenvalue weighted by molar-refractivity contribution is 5.99. The van der Waals surface area contributed by atoms with E-state index >= 15 is 0 Å². The van der Waals surface area contributed by atoms with E-state index in [1.807, 2.05) is 19.9 Å². The highest BCUT2D eigenvalue weighted by Gasteiger charge is 2.18. The van der Waals surface area contributed by atoms with Gasteiger partial charge in [-0.05, 0) is 36.0 Å². The van der Waals surface area contributed by atoms with Crippen molar-refractivity contribution in [1.29, 1.82) is 5.26 Å². The first-order valence-corrected chi connectivity index (χ1v) is 6.29. The van der Waals surface area contributed by atoms with Crippen LogP contribution in [0.15, 0.2) is 12.1 Å². The molecule has 0 radical (unpaired) electrons. The van der Waals surface area contributed by atoms with Crippen molar-refractivity contribution in [1.82, 2.24) is 0 Å². The number of nitrogens with zero attached hydrogens (tertiary/aromatic N) is 1. The molecular formula is C16H21NO. The number of hydrogen-bond donors (Lipinski definition) is 0. The molecule has 18 heavy (non-hydrogen) atoms. The average Bonchev–Trinajstić information content (AvgIpc) is 2.24. The number of carbonyl (C=O) groups is 1. The predicted octanol–water partition coefficient (Wildman–Crippen LogP) is 4.09. The highest BCUT2D eigenvalue weighted by Crippen LogP contribution is 2.27. The van der Waals surface area contributed by atoms with Gasteiger partial charge in [0.15, 0.2) is 5.78 Å². The molecule has 0 amide bonds. The second-order valence-corrected chi connectivity index (χ2v) is 5.82. The molecule has 0 N–H and O–H groups in total. The van der Waals surface area contributed by atoms with Crippen LogP contribution in [0.1, 0.15) is 60.7 Å². The average molecular weight is 243 g/mol. The summed E-state index contributed by atoms with van der Waals surface area (Å²) < 4.78 is 0. The van der Waals surface area contributed by atoms with Gasteiger partial charge in [0, 0.05) is 18.4 Å². The SMILES string of the molecule is Cc1cc(C(C)(C)C)cc(C)c1C(=O)CCC#N. The van der Waals surface area contributed by atoms with Gasteiger partial charge in [-0.1, -0.05) is 32.9 Å². The molecule has 0 saturated heterocycles. The first kappa shape index (κ1) is 14.4. The summed E-state index contributed by atoms with van der Waals surface area (Å²) in [5.74, 6) is 0.0759. The molecule has 1 rings (SSSR count). The molecule has 0 spiro atoms. The normalized spacial score (nSPS) is 11.1. The van der Waals surface area contributed by atoms with Crippen molar-refractivity contribution in [3.05, 3.63) is 34.4 Å². The van der Waals surface area contributed by atoms with E-state index < -0.39 is 0 Å². The lowest BCUT2D eigenvalue weighted by Gasteiger charge is -2.22. The molecule has 0 aliphatic carbocycles. The third-order valence-corrected chi connectivity index (χ3v) is 3.14. The second-order valence-electron chi connectivity index (χ2n) is 5.82. The van der Waals surface area contributed by atoms with Crippen LogP contribution in [0.3, 0.4) is 0 Å². The zero-order valence-corrected chi connectivity index (χ0v) is 11.9. The summed E-state index contributed by atoms with van der Waals surface area (Å²) in [6.07, 6.45) is 0.603. The van der Waals surface area contributed by atoms with Gasteiger partial charge in [0.1, 0.15) is 0 Å². The molecule has 0 aliphatic rings. The third-order valence-electron chi connectivity index (χ3n) is 3.14. The topological polar surface area (TPSA) is 40.9 Å². The van der Waals surface area contributed by atoms with Crippen molar-refractivity contribution >= 4 is 5.78 Å². The van der Waals surface area contributed by atoms with E-state index in [9.17, 15) is 4.79 Å². The maximum absolute atomic E-state index is 12.1. The van der Waals surface area contributed by atoms with Gasteiger partial charge < -0.3 is 0 Å². The maximum Gasteiger partial charge on any atom is 0.164 e. The second kappa shape index (κ2) is 5.35. The molecule has 2 nitrogen and oxygen atoms in total. The minimum atomic E-state index is 0.0759. The van der Waals surface area contributed by atoms with Crippen molar-refractivity contribution in [3.63, 3.8) is 0 Å². The van der Waals surface area contributed by atoms with Crippen LogP contribution in [0, 0.1) is 25.2 Å². The van der Waals surface area contributed by atoms with E-state index in [2.05, 4.69) is 32.9 Å². The summed E-state index contributed by atoms with van der Waals surface area (Å²) in [5, 5.41) is 8.55. The van der Waals surface area contributed by atoms with Crippen LogP contribution in [-0.4, -0.2) is 5.78 Å². The molecule has 0 aromatic heterocycles. The number of nitriles is 1. The number of benzene rings is 1. The van der Waals surface area contributed by atoms with Gasteiger partial charge in [0.25, 0.3) is 0 Å². The Morgan fingerprint density at radius 1 is 1.22 bits per heavy atom. The molecule has 0 bridgehead atoms. The molecule has 1 aromatic rings. The molecule has 0 saturated carbocycles. The molecule has 1 aromatic carbocycles. The summed E-state index contributed by atoms with van der Waals surface area (Å²) in [6.45, 7) is 10.4. The highest BCUT2D eigenvalue weighted by atomic mass is 16.1. The zero-order valence-electron chi connectivity index (χ0n) is 11.9. The van der Waals surface area contributed by atoms with Gasteiger partial charge >= 0.3 is 0 Å². The Labute approximate surface area is 110 Å². The zero-order chi connectivity index (χ0) is 13.9. The molecule has 0 atom stereocenters. The van der Waals surface area contributed by atoms with Crippen LogP contribution in [-0.2, 0) is 5.41 Å². The monoisotopic (exact) mass is 243 g/mol. The van der Waals surface area contributed by atoms with Crippen molar-refractivity contribution in [2.45, 2.75) is 52.9 Å². The molecule has 96 valence electrons. The van der Waals surface area contributed by atoms with E-state index in [-0.39, 0.29) is 11.2 Å². The standard InChI is InChI=1S/C16H21NO/c1-11-9-13(16(3,4)5)10-12(2)15(11)14(18)7-6-8-17/h9-10H,6-7H2,1-5H3.